The molecule has 1 fully saturated rings. The molecule has 1 aliphatic rings. The Balaban J connectivity index is 2.24. The van der Waals surface area contributed by atoms with E-state index in [1.807, 2.05) is 0 Å². The van der Waals surface area contributed by atoms with Crippen molar-refractivity contribution >= 4 is 28.5 Å². The maximum Gasteiger partial charge on any atom is 0.347 e. The summed E-state index contributed by atoms with van der Waals surface area (Å²) < 4.78 is 0. The van der Waals surface area contributed by atoms with Gasteiger partial charge in [-0.05, 0) is 0 Å². The van der Waals surface area contributed by atoms with Gasteiger partial charge in [0.2, 0.25) is 0 Å². The maximum atomic E-state index is 11.2. The molecule has 2 heterocycles. The van der Waals surface area contributed by atoms with Crippen LogP contribution in [-0.2, 0) is 0 Å². The number of amides is 2. The number of hydrogen-bond donors (Lipinski definition) is 2. The summed E-state index contributed by atoms with van der Waals surface area (Å²) in [5.74, 6) is -1.02. The first-order valence-electron chi connectivity index (χ1n) is 3.93. The van der Waals surface area contributed by atoms with Gasteiger partial charge in [-0.2, -0.15) is 0 Å². The summed E-state index contributed by atoms with van der Waals surface area (Å²) >= 11 is 0.996. The molecule has 1 aromatic heterocycles. The lowest BCUT2D eigenvalue weighted by atomic mass is 10.6. The second-order valence-electron chi connectivity index (χ2n) is 2.70. The Kier molecular flexibility index (Phi) is 2.08. The molecular formula is C7H7N3O3S. The summed E-state index contributed by atoms with van der Waals surface area (Å²) in [6, 6.07) is -0.226. The fourth-order valence-corrected chi connectivity index (χ4v) is 1.92. The number of nitrogens with zero attached hydrogens (tertiary/aromatic N) is 2. The minimum Gasteiger partial charge on any atom is -0.477 e. The average molecular weight is 213 g/mol. The van der Waals surface area contributed by atoms with E-state index in [-0.39, 0.29) is 10.9 Å². The van der Waals surface area contributed by atoms with Crippen LogP contribution >= 0.6 is 11.3 Å². The smallest absolute Gasteiger partial charge is 0.347 e. The van der Waals surface area contributed by atoms with E-state index in [0.29, 0.717) is 18.2 Å². The first kappa shape index (κ1) is 8.95. The summed E-state index contributed by atoms with van der Waals surface area (Å²) in [6.07, 6.45) is 1.26. The third kappa shape index (κ3) is 1.41. The highest BCUT2D eigenvalue weighted by Crippen LogP contribution is 2.23. The molecule has 74 valence electrons. The molecule has 0 unspecified atom stereocenters. The summed E-state index contributed by atoms with van der Waals surface area (Å²) in [5, 5.41) is 11.7. The fraction of sp³-hybridized carbons (Fsp3) is 0.286. The van der Waals surface area contributed by atoms with Crippen LogP contribution in [0.5, 0.6) is 0 Å². The minimum absolute atomic E-state index is 0.139. The van der Waals surface area contributed by atoms with E-state index >= 15 is 0 Å². The second kappa shape index (κ2) is 3.26. The number of anilines is 1. The average Bonchev–Trinajstić information content (AvgIpc) is 2.71. The SMILES string of the molecule is O=C(O)c1cnc(N2CCNC2=O)s1. The van der Waals surface area contributed by atoms with Crippen LogP contribution in [0, 0.1) is 0 Å². The molecule has 2 rings (SSSR count). The summed E-state index contributed by atoms with van der Waals surface area (Å²) in [5.41, 5.74) is 0. The first-order chi connectivity index (χ1) is 6.68. The number of hydrogen-bond acceptors (Lipinski definition) is 4. The molecule has 14 heavy (non-hydrogen) atoms. The molecule has 0 bridgehead atoms. The van der Waals surface area contributed by atoms with E-state index < -0.39 is 5.97 Å². The molecule has 6 nitrogen and oxygen atoms in total. The van der Waals surface area contributed by atoms with Gasteiger partial charge in [-0.25, -0.2) is 14.6 Å². The van der Waals surface area contributed by atoms with Gasteiger partial charge in [-0.1, -0.05) is 11.3 Å². The van der Waals surface area contributed by atoms with E-state index in [0.717, 1.165) is 11.3 Å². The van der Waals surface area contributed by atoms with Crippen LogP contribution in [0.4, 0.5) is 9.93 Å². The lowest BCUT2D eigenvalue weighted by Gasteiger charge is -2.08. The zero-order valence-corrected chi connectivity index (χ0v) is 7.87. The Bertz CT molecular complexity index is 389. The van der Waals surface area contributed by atoms with Gasteiger partial charge in [0, 0.05) is 13.1 Å². The van der Waals surface area contributed by atoms with E-state index in [2.05, 4.69) is 10.3 Å². The molecule has 1 aromatic rings. The second-order valence-corrected chi connectivity index (χ2v) is 3.70. The lowest BCUT2D eigenvalue weighted by molar-refractivity contribution is 0.0702. The van der Waals surface area contributed by atoms with Crippen LogP contribution in [0.1, 0.15) is 9.67 Å². The van der Waals surface area contributed by atoms with Gasteiger partial charge >= 0.3 is 12.0 Å². The number of carbonyl (C=O) groups is 2. The highest BCUT2D eigenvalue weighted by molar-refractivity contribution is 7.17. The number of nitrogens with one attached hydrogen (secondary N) is 1. The quantitative estimate of drug-likeness (QED) is 0.743. The van der Waals surface area contributed by atoms with E-state index in [9.17, 15) is 9.59 Å². The molecule has 0 atom stereocenters. The van der Waals surface area contributed by atoms with Gasteiger partial charge in [0.1, 0.15) is 4.88 Å². The van der Waals surface area contributed by atoms with Gasteiger partial charge in [0.25, 0.3) is 0 Å². The molecule has 2 N–H and O–H groups in total. The monoisotopic (exact) mass is 213 g/mol. The van der Waals surface area contributed by atoms with Crippen molar-refractivity contribution in [1.82, 2.24) is 10.3 Å². The van der Waals surface area contributed by atoms with Crippen molar-refractivity contribution in [3.63, 3.8) is 0 Å². The normalized spacial score (nSPS) is 15.7. The predicted octanol–water partition coefficient (Wildman–Crippen LogP) is 0.371. The van der Waals surface area contributed by atoms with Crippen LogP contribution in [0.3, 0.4) is 0 Å². The molecule has 0 radical (unpaired) electrons. The van der Waals surface area contributed by atoms with Crippen LogP contribution < -0.4 is 10.2 Å². The van der Waals surface area contributed by atoms with Crippen molar-refractivity contribution in [2.24, 2.45) is 0 Å². The van der Waals surface area contributed by atoms with Crippen LogP contribution in [0.25, 0.3) is 0 Å². The Labute approximate surface area is 83.2 Å². The van der Waals surface area contributed by atoms with Gasteiger partial charge in [-0.3, -0.25) is 4.90 Å². The Morgan fingerprint density at radius 2 is 2.50 bits per heavy atom. The molecular weight excluding hydrogens is 206 g/mol. The van der Waals surface area contributed by atoms with Gasteiger partial charge in [0.15, 0.2) is 5.13 Å². The highest BCUT2D eigenvalue weighted by Gasteiger charge is 2.24. The topological polar surface area (TPSA) is 82.5 Å². The van der Waals surface area contributed by atoms with Crippen molar-refractivity contribution in [3.8, 4) is 0 Å². The van der Waals surface area contributed by atoms with Crippen LogP contribution in [-0.4, -0.2) is 35.2 Å². The van der Waals surface area contributed by atoms with Crippen molar-refractivity contribution in [2.75, 3.05) is 18.0 Å². The van der Waals surface area contributed by atoms with Gasteiger partial charge in [-0.15, -0.1) is 0 Å². The lowest BCUT2D eigenvalue weighted by Crippen LogP contribution is -2.27. The van der Waals surface area contributed by atoms with Crippen molar-refractivity contribution in [3.05, 3.63) is 11.1 Å². The third-order valence-electron chi connectivity index (χ3n) is 1.79. The number of carboxylic acid groups (broad SMARTS) is 1. The Hall–Kier alpha value is -1.63. The third-order valence-corrected chi connectivity index (χ3v) is 2.80. The summed E-state index contributed by atoms with van der Waals surface area (Å²) in [4.78, 5) is 27.2. The van der Waals surface area contributed by atoms with Crippen LogP contribution in [0.2, 0.25) is 0 Å². The van der Waals surface area contributed by atoms with E-state index in [4.69, 9.17) is 5.11 Å². The molecule has 0 aromatic carbocycles. The molecule has 2 amide bonds. The van der Waals surface area contributed by atoms with Gasteiger partial charge in [0.05, 0.1) is 6.20 Å². The molecule has 0 aliphatic carbocycles. The van der Waals surface area contributed by atoms with Crippen LogP contribution in [0.15, 0.2) is 6.20 Å². The number of aromatic carboxylic acids is 1. The van der Waals surface area contributed by atoms with E-state index in [1.165, 1.54) is 11.1 Å². The van der Waals surface area contributed by atoms with Gasteiger partial charge < -0.3 is 10.4 Å². The summed E-state index contributed by atoms with van der Waals surface area (Å²) in [7, 11) is 0. The molecule has 7 heteroatoms. The van der Waals surface area contributed by atoms with Crippen molar-refractivity contribution < 1.29 is 14.7 Å². The zero-order valence-electron chi connectivity index (χ0n) is 7.06. The van der Waals surface area contributed by atoms with Crippen molar-refractivity contribution in [2.45, 2.75) is 0 Å². The summed E-state index contributed by atoms with van der Waals surface area (Å²) in [6.45, 7) is 1.10. The standard InChI is InChI=1S/C7H7N3O3S/c11-5(12)4-3-9-7(14-4)10-2-1-8-6(10)13/h3H,1-2H2,(H,8,13)(H,11,12). The number of carboxylic acids is 1. The number of carbonyl (C=O) groups excluding carboxylic acids is 1. The minimum atomic E-state index is -1.02. The fourth-order valence-electron chi connectivity index (χ4n) is 1.14. The highest BCUT2D eigenvalue weighted by atomic mass is 32.1. The largest absolute Gasteiger partial charge is 0.477 e. The Morgan fingerprint density at radius 1 is 1.71 bits per heavy atom. The molecule has 1 aliphatic heterocycles. The number of rotatable bonds is 2. The van der Waals surface area contributed by atoms with Crippen molar-refractivity contribution in [1.29, 1.82) is 0 Å². The molecule has 0 saturated carbocycles. The number of aromatic nitrogens is 1. The molecule has 0 spiro atoms. The maximum absolute atomic E-state index is 11.2. The van der Waals surface area contributed by atoms with E-state index in [1.54, 1.807) is 0 Å². The Morgan fingerprint density at radius 3 is 3.00 bits per heavy atom. The zero-order chi connectivity index (χ0) is 10.1. The predicted molar refractivity (Wildman–Crippen MR) is 49.8 cm³/mol. The number of urea groups is 1. The number of thiazole rings is 1. The molecule has 1 saturated heterocycles. The first-order valence-corrected chi connectivity index (χ1v) is 4.74.